The van der Waals surface area contributed by atoms with Gasteiger partial charge in [-0.25, -0.2) is 4.98 Å². The Hall–Kier alpha value is -3.06. The summed E-state index contributed by atoms with van der Waals surface area (Å²) in [5.74, 6) is 0.0134. The van der Waals surface area contributed by atoms with E-state index in [9.17, 15) is 9.90 Å². The largest absolute Gasteiger partial charge is 0.504 e. The maximum atomic E-state index is 12.0. The molecule has 0 saturated carbocycles. The molecule has 0 aliphatic carbocycles. The van der Waals surface area contributed by atoms with Crippen molar-refractivity contribution in [2.45, 2.75) is 0 Å². The fourth-order valence-electron chi connectivity index (χ4n) is 1.73. The molecule has 116 valence electrons. The normalized spacial score (nSPS) is 11.4. The number of hydrogen-bond acceptors (Lipinski definition) is 6. The minimum absolute atomic E-state index is 0.0102. The zero-order valence-corrected chi connectivity index (χ0v) is 12.3. The first-order valence-electron chi connectivity index (χ1n) is 6.45. The monoisotopic (exact) mass is 331 g/mol. The topological polar surface area (TPSA) is 101 Å². The number of carbonyl (C=O) groups excluding carboxylic acids is 1. The van der Waals surface area contributed by atoms with Crippen LogP contribution in [-0.4, -0.2) is 26.1 Å². The molecule has 0 spiro atoms. The molecule has 3 rings (SSSR count). The molecule has 8 heteroatoms. The van der Waals surface area contributed by atoms with Gasteiger partial charge in [-0.2, -0.15) is 5.10 Å². The molecule has 7 nitrogen and oxygen atoms in total. The molecule has 0 atom stereocenters. The smallest absolute Gasteiger partial charge is 0.224 e. The summed E-state index contributed by atoms with van der Waals surface area (Å²) in [7, 11) is 0. The van der Waals surface area contributed by atoms with Crippen LogP contribution in [0, 0.1) is 0 Å². The highest BCUT2D eigenvalue weighted by atomic mass is 35.5. The Morgan fingerprint density at radius 3 is 2.78 bits per heavy atom. The van der Waals surface area contributed by atoms with Gasteiger partial charge in [-0.1, -0.05) is 11.6 Å². The molecule has 0 aliphatic heterocycles. The second kappa shape index (κ2) is 6.37. The standard InChI is InChI=1S/C15H10ClN3O4/c16-9-1-3-10(4-2-9)23-11-5-14(22-7-11)12(20)6-13(21)15-17-8-18-19-15/h1-8,21H,(H,17,18,19). The van der Waals surface area contributed by atoms with E-state index in [1.165, 1.54) is 18.7 Å². The second-order valence-corrected chi connectivity index (χ2v) is 4.86. The summed E-state index contributed by atoms with van der Waals surface area (Å²) < 4.78 is 10.7. The molecule has 3 aromatic rings. The van der Waals surface area contributed by atoms with Crippen molar-refractivity contribution in [3.05, 3.63) is 65.6 Å². The number of carbonyl (C=O) groups is 1. The average Bonchev–Trinajstić information content (AvgIpc) is 3.21. The Labute approximate surface area is 135 Å². The Morgan fingerprint density at radius 2 is 2.09 bits per heavy atom. The number of ether oxygens (including phenoxy) is 1. The molecule has 0 radical (unpaired) electrons. The molecule has 0 unspecified atom stereocenters. The van der Waals surface area contributed by atoms with Gasteiger partial charge in [0.05, 0.1) is 0 Å². The van der Waals surface area contributed by atoms with Gasteiger partial charge < -0.3 is 14.3 Å². The van der Waals surface area contributed by atoms with E-state index < -0.39 is 5.78 Å². The van der Waals surface area contributed by atoms with Gasteiger partial charge in [0.2, 0.25) is 11.6 Å². The van der Waals surface area contributed by atoms with Crippen molar-refractivity contribution in [1.29, 1.82) is 0 Å². The number of nitrogens with one attached hydrogen (secondary N) is 1. The van der Waals surface area contributed by atoms with Crippen molar-refractivity contribution in [2.75, 3.05) is 0 Å². The van der Waals surface area contributed by atoms with Gasteiger partial charge in [-0.3, -0.25) is 9.89 Å². The molecule has 0 amide bonds. The van der Waals surface area contributed by atoms with E-state index in [2.05, 4.69) is 15.2 Å². The fraction of sp³-hybridized carbons (Fsp3) is 0. The summed E-state index contributed by atoms with van der Waals surface area (Å²) in [6.45, 7) is 0. The lowest BCUT2D eigenvalue weighted by atomic mass is 10.2. The number of ketones is 1. The van der Waals surface area contributed by atoms with Crippen LogP contribution in [0.3, 0.4) is 0 Å². The van der Waals surface area contributed by atoms with Gasteiger partial charge in [0.25, 0.3) is 0 Å². The van der Waals surface area contributed by atoms with Crippen molar-refractivity contribution >= 4 is 23.1 Å². The number of H-pyrrole nitrogens is 1. The van der Waals surface area contributed by atoms with Crippen LogP contribution in [-0.2, 0) is 0 Å². The van der Waals surface area contributed by atoms with Crippen LogP contribution in [0.25, 0.3) is 5.76 Å². The number of nitrogens with zero attached hydrogens (tertiary/aromatic N) is 2. The maximum absolute atomic E-state index is 12.0. The van der Waals surface area contributed by atoms with E-state index >= 15 is 0 Å². The van der Waals surface area contributed by atoms with Gasteiger partial charge in [0.1, 0.15) is 18.3 Å². The minimum atomic E-state index is -0.543. The van der Waals surface area contributed by atoms with Crippen molar-refractivity contribution in [3.63, 3.8) is 0 Å². The summed E-state index contributed by atoms with van der Waals surface area (Å²) in [5.41, 5.74) is 0. The highest BCUT2D eigenvalue weighted by Crippen LogP contribution is 2.25. The third kappa shape index (κ3) is 3.58. The lowest BCUT2D eigenvalue weighted by molar-refractivity contribution is 0.102. The van der Waals surface area contributed by atoms with E-state index in [0.29, 0.717) is 16.5 Å². The summed E-state index contributed by atoms with van der Waals surface area (Å²) in [6, 6.07) is 8.15. The third-order valence-corrected chi connectivity index (χ3v) is 3.03. The molecule has 2 N–H and O–H groups in total. The van der Waals surface area contributed by atoms with Crippen LogP contribution < -0.4 is 4.74 Å². The van der Waals surface area contributed by atoms with Crippen LogP contribution in [0.4, 0.5) is 0 Å². The SMILES string of the molecule is O=C(C=C(O)c1nc[nH]n1)c1cc(Oc2ccc(Cl)cc2)co1. The Bertz CT molecular complexity index is 838. The van der Waals surface area contributed by atoms with Crippen molar-refractivity contribution in [3.8, 4) is 11.5 Å². The lowest BCUT2D eigenvalue weighted by Crippen LogP contribution is -1.95. The minimum Gasteiger partial charge on any atom is -0.504 e. The molecular formula is C15H10ClN3O4. The van der Waals surface area contributed by atoms with E-state index in [1.54, 1.807) is 24.3 Å². The molecule has 23 heavy (non-hydrogen) atoms. The summed E-state index contributed by atoms with van der Waals surface area (Å²) in [5, 5.41) is 16.4. The van der Waals surface area contributed by atoms with Crippen molar-refractivity contribution < 1.29 is 19.1 Å². The first-order valence-corrected chi connectivity index (χ1v) is 6.83. The average molecular weight is 332 g/mol. The lowest BCUT2D eigenvalue weighted by Gasteiger charge is -2.01. The van der Waals surface area contributed by atoms with Crippen LogP contribution in [0.2, 0.25) is 5.02 Å². The highest BCUT2D eigenvalue weighted by molar-refractivity contribution is 6.30. The molecule has 0 saturated heterocycles. The molecule has 0 fully saturated rings. The molecule has 2 aromatic heterocycles. The van der Waals surface area contributed by atoms with Gasteiger partial charge in [-0.05, 0) is 24.3 Å². The Balaban J connectivity index is 1.72. The zero-order valence-electron chi connectivity index (χ0n) is 11.6. The van der Waals surface area contributed by atoms with E-state index in [4.69, 9.17) is 20.8 Å². The molecule has 2 heterocycles. The summed E-state index contributed by atoms with van der Waals surface area (Å²) in [4.78, 5) is 15.7. The Morgan fingerprint density at radius 1 is 1.30 bits per heavy atom. The molecule has 0 bridgehead atoms. The summed E-state index contributed by atoms with van der Waals surface area (Å²) >= 11 is 5.79. The zero-order chi connectivity index (χ0) is 16.2. The molecule has 1 aromatic carbocycles. The van der Waals surface area contributed by atoms with E-state index in [-0.39, 0.29) is 17.3 Å². The number of hydrogen-bond donors (Lipinski definition) is 2. The van der Waals surface area contributed by atoms with Gasteiger partial charge in [0.15, 0.2) is 17.3 Å². The number of benzene rings is 1. The fourth-order valence-corrected chi connectivity index (χ4v) is 1.86. The van der Waals surface area contributed by atoms with Crippen molar-refractivity contribution in [1.82, 2.24) is 15.2 Å². The van der Waals surface area contributed by atoms with Gasteiger partial charge in [0, 0.05) is 17.2 Å². The number of aliphatic hydroxyl groups is 1. The van der Waals surface area contributed by atoms with E-state index in [1.807, 2.05) is 0 Å². The summed E-state index contributed by atoms with van der Waals surface area (Å²) in [6.07, 6.45) is 3.54. The number of halogens is 1. The number of aromatic nitrogens is 3. The number of rotatable bonds is 5. The predicted molar refractivity (Wildman–Crippen MR) is 81.6 cm³/mol. The van der Waals surface area contributed by atoms with Crippen LogP contribution >= 0.6 is 11.6 Å². The number of aromatic amines is 1. The highest BCUT2D eigenvalue weighted by Gasteiger charge is 2.13. The van der Waals surface area contributed by atoms with Crippen LogP contribution in [0.5, 0.6) is 11.5 Å². The maximum Gasteiger partial charge on any atom is 0.224 e. The number of furan rings is 1. The van der Waals surface area contributed by atoms with E-state index in [0.717, 1.165) is 6.08 Å². The van der Waals surface area contributed by atoms with Crippen LogP contribution in [0.1, 0.15) is 16.4 Å². The predicted octanol–water partition coefficient (Wildman–Crippen LogP) is 3.63. The van der Waals surface area contributed by atoms with Crippen LogP contribution in [0.15, 0.2) is 53.4 Å². The molecular weight excluding hydrogens is 322 g/mol. The van der Waals surface area contributed by atoms with Gasteiger partial charge in [-0.15, -0.1) is 0 Å². The first-order chi connectivity index (χ1) is 11.1. The number of allylic oxidation sites excluding steroid dienone is 1. The van der Waals surface area contributed by atoms with Crippen molar-refractivity contribution in [2.24, 2.45) is 0 Å². The molecule has 0 aliphatic rings. The van der Waals surface area contributed by atoms with Gasteiger partial charge >= 0.3 is 0 Å². The third-order valence-electron chi connectivity index (χ3n) is 2.78. The number of aliphatic hydroxyl groups excluding tert-OH is 1. The first kappa shape index (κ1) is 14.9. The second-order valence-electron chi connectivity index (χ2n) is 4.42. The Kier molecular flexibility index (Phi) is 4.11. The quantitative estimate of drug-likeness (QED) is 0.420.